The zero-order valence-electron chi connectivity index (χ0n) is 15.9. The normalized spacial score (nSPS) is 11.8. The molecule has 2 aromatic heterocycles. The molecule has 7 heteroatoms. The van der Waals surface area contributed by atoms with Crippen molar-refractivity contribution in [3.05, 3.63) is 72.4 Å². The van der Waals surface area contributed by atoms with Gasteiger partial charge in [-0.3, -0.25) is 4.79 Å². The third-order valence-corrected chi connectivity index (χ3v) is 4.80. The second-order valence-electron chi connectivity index (χ2n) is 6.78. The number of nitrogens with one attached hydrogen (secondary N) is 1. The predicted molar refractivity (Wildman–Crippen MR) is 110 cm³/mol. The molecule has 1 atom stereocenters. The first-order chi connectivity index (χ1) is 14.5. The number of hydrogen-bond acceptors (Lipinski definition) is 5. The van der Waals surface area contributed by atoms with E-state index in [1.165, 1.54) is 25.1 Å². The summed E-state index contributed by atoms with van der Waals surface area (Å²) in [5.41, 5.74) is 3.76. The molecule has 30 heavy (non-hydrogen) atoms. The molecule has 2 aromatic carbocycles. The summed E-state index contributed by atoms with van der Waals surface area (Å²) in [6.45, 7) is 1.45. The van der Waals surface area contributed by atoms with Crippen molar-refractivity contribution in [1.82, 2.24) is 4.98 Å². The summed E-state index contributed by atoms with van der Waals surface area (Å²) in [7, 11) is 0. The van der Waals surface area contributed by atoms with Gasteiger partial charge in [0.1, 0.15) is 23.5 Å². The van der Waals surface area contributed by atoms with Crippen LogP contribution in [0, 0.1) is 17.1 Å². The minimum Gasteiger partial charge on any atom is -0.480 e. The van der Waals surface area contributed by atoms with Gasteiger partial charge in [-0.05, 0) is 36.8 Å². The van der Waals surface area contributed by atoms with Crippen molar-refractivity contribution in [2.24, 2.45) is 0 Å². The first-order valence-corrected chi connectivity index (χ1v) is 9.13. The molecule has 4 aromatic rings. The number of halogens is 1. The van der Waals surface area contributed by atoms with Gasteiger partial charge in [0, 0.05) is 16.5 Å². The lowest BCUT2D eigenvalue weighted by Crippen LogP contribution is -2.26. The van der Waals surface area contributed by atoms with Gasteiger partial charge < -0.3 is 14.8 Å². The number of carbonyl (C=O) groups is 1. The second kappa shape index (κ2) is 7.68. The van der Waals surface area contributed by atoms with Crippen molar-refractivity contribution in [2.75, 3.05) is 5.32 Å². The van der Waals surface area contributed by atoms with E-state index < -0.39 is 17.8 Å². The number of benzene rings is 2. The Balaban J connectivity index is 1.90. The smallest absolute Gasteiger partial charge is 0.325 e. The fourth-order valence-corrected chi connectivity index (χ4v) is 3.23. The summed E-state index contributed by atoms with van der Waals surface area (Å²) in [6, 6.07) is 14.4. The molecule has 0 aliphatic carbocycles. The molecule has 0 fully saturated rings. The molecule has 2 N–H and O–H groups in total. The van der Waals surface area contributed by atoms with Crippen LogP contribution in [0.3, 0.4) is 0 Å². The molecule has 0 saturated carbocycles. The first-order valence-electron chi connectivity index (χ1n) is 9.13. The Morgan fingerprint density at radius 2 is 1.90 bits per heavy atom. The number of furan rings is 1. The second-order valence-corrected chi connectivity index (χ2v) is 6.78. The predicted octanol–water partition coefficient (Wildman–Crippen LogP) is 5.06. The Morgan fingerprint density at radius 3 is 2.53 bits per heavy atom. The Kier molecular flexibility index (Phi) is 4.90. The van der Waals surface area contributed by atoms with Gasteiger partial charge in [0.05, 0.1) is 29.4 Å². The topological polar surface area (TPSA) is 99.2 Å². The quantitative estimate of drug-likeness (QED) is 0.485. The number of nitrogens with zero attached hydrogens (tertiary/aromatic N) is 2. The van der Waals surface area contributed by atoms with Crippen molar-refractivity contribution in [2.45, 2.75) is 13.0 Å². The fourth-order valence-electron chi connectivity index (χ4n) is 3.23. The summed E-state index contributed by atoms with van der Waals surface area (Å²) in [6.07, 6.45) is 3.22. The number of aromatic nitrogens is 1. The highest BCUT2D eigenvalue weighted by molar-refractivity contribution is 5.99. The van der Waals surface area contributed by atoms with Crippen LogP contribution in [0.5, 0.6) is 0 Å². The van der Waals surface area contributed by atoms with Gasteiger partial charge in [-0.15, -0.1) is 0 Å². The summed E-state index contributed by atoms with van der Waals surface area (Å²) in [5.74, 6) is -1.59. The number of carboxylic acid groups (broad SMARTS) is 1. The molecule has 0 spiro atoms. The van der Waals surface area contributed by atoms with E-state index >= 15 is 0 Å². The average Bonchev–Trinajstić information content (AvgIpc) is 3.28. The van der Waals surface area contributed by atoms with Crippen LogP contribution in [-0.4, -0.2) is 22.1 Å². The minimum absolute atomic E-state index is 0.150. The molecule has 148 valence electrons. The molecular weight excluding hydrogens is 385 g/mol. The summed E-state index contributed by atoms with van der Waals surface area (Å²) >= 11 is 0. The maximum Gasteiger partial charge on any atom is 0.325 e. The lowest BCUT2D eigenvalue weighted by atomic mass is 9.99. The molecular formula is C23H16FN3O3. The van der Waals surface area contributed by atoms with Crippen molar-refractivity contribution in [3.63, 3.8) is 0 Å². The molecule has 0 bridgehead atoms. The zero-order chi connectivity index (χ0) is 21.3. The summed E-state index contributed by atoms with van der Waals surface area (Å²) in [4.78, 5) is 15.9. The molecule has 0 saturated heterocycles. The average molecular weight is 401 g/mol. The number of nitriles is 1. The van der Waals surface area contributed by atoms with Crippen molar-refractivity contribution in [1.29, 1.82) is 5.26 Å². The Bertz CT molecular complexity index is 1280. The molecule has 2 heterocycles. The third kappa shape index (κ3) is 3.47. The first kappa shape index (κ1) is 19.2. The highest BCUT2D eigenvalue weighted by Gasteiger charge is 2.20. The van der Waals surface area contributed by atoms with E-state index in [9.17, 15) is 19.6 Å². The van der Waals surface area contributed by atoms with Crippen molar-refractivity contribution >= 4 is 22.6 Å². The highest BCUT2D eigenvalue weighted by Crippen LogP contribution is 2.35. The molecule has 0 aliphatic rings. The number of rotatable bonds is 5. The van der Waals surface area contributed by atoms with Gasteiger partial charge in [0.2, 0.25) is 0 Å². The van der Waals surface area contributed by atoms with Crippen LogP contribution in [0.25, 0.3) is 33.3 Å². The van der Waals surface area contributed by atoms with E-state index in [1.807, 2.05) is 30.3 Å². The van der Waals surface area contributed by atoms with E-state index in [-0.39, 0.29) is 11.3 Å². The van der Waals surface area contributed by atoms with Gasteiger partial charge in [0.15, 0.2) is 0 Å². The molecule has 4 rings (SSSR count). The van der Waals surface area contributed by atoms with E-state index in [0.717, 1.165) is 11.1 Å². The van der Waals surface area contributed by atoms with E-state index in [1.54, 1.807) is 12.5 Å². The van der Waals surface area contributed by atoms with E-state index in [0.29, 0.717) is 22.2 Å². The standard InChI is InChI=1S/C23H16FN3O3/c1-13(23(28)29)26-22-18-10-17(24)6-7-20(18)27-21(19(22)11-25)15-4-2-14(3-5-15)16-8-9-30-12-16/h2-10,12-13H,1H3,(H,26,27)(H,28,29). The van der Waals surface area contributed by atoms with Crippen LogP contribution < -0.4 is 5.32 Å². The van der Waals surface area contributed by atoms with E-state index in [4.69, 9.17) is 4.42 Å². The van der Waals surface area contributed by atoms with E-state index in [2.05, 4.69) is 16.4 Å². The molecule has 0 radical (unpaired) electrons. The van der Waals surface area contributed by atoms with Gasteiger partial charge in [-0.2, -0.15) is 5.26 Å². The zero-order valence-corrected chi connectivity index (χ0v) is 15.9. The van der Waals surface area contributed by atoms with Crippen LogP contribution in [-0.2, 0) is 4.79 Å². The van der Waals surface area contributed by atoms with Crippen LogP contribution in [0.4, 0.5) is 10.1 Å². The van der Waals surface area contributed by atoms with Crippen molar-refractivity contribution < 1.29 is 18.7 Å². The molecule has 0 aliphatic heterocycles. The summed E-state index contributed by atoms with van der Waals surface area (Å²) in [5, 5.41) is 22.3. The number of hydrogen-bond donors (Lipinski definition) is 2. The monoisotopic (exact) mass is 401 g/mol. The highest BCUT2D eigenvalue weighted by atomic mass is 19.1. The van der Waals surface area contributed by atoms with Gasteiger partial charge in [-0.1, -0.05) is 24.3 Å². The van der Waals surface area contributed by atoms with Crippen LogP contribution in [0.1, 0.15) is 12.5 Å². The maximum absolute atomic E-state index is 13.9. The van der Waals surface area contributed by atoms with Gasteiger partial charge >= 0.3 is 5.97 Å². The number of pyridine rings is 1. The number of carboxylic acids is 1. The Hall–Kier alpha value is -4.18. The lowest BCUT2D eigenvalue weighted by molar-refractivity contribution is -0.137. The fraction of sp³-hybridized carbons (Fsp3) is 0.0870. The Morgan fingerprint density at radius 1 is 1.17 bits per heavy atom. The van der Waals surface area contributed by atoms with Gasteiger partial charge in [-0.25, -0.2) is 9.37 Å². The van der Waals surface area contributed by atoms with Crippen LogP contribution in [0.2, 0.25) is 0 Å². The number of aliphatic carboxylic acids is 1. The Labute approximate surface area is 171 Å². The van der Waals surface area contributed by atoms with Gasteiger partial charge in [0.25, 0.3) is 0 Å². The SMILES string of the molecule is CC(Nc1c(C#N)c(-c2ccc(-c3ccoc3)cc2)nc2ccc(F)cc12)C(=O)O. The third-order valence-electron chi connectivity index (χ3n) is 4.80. The molecule has 0 amide bonds. The minimum atomic E-state index is -1.09. The van der Waals surface area contributed by atoms with Crippen LogP contribution >= 0.6 is 0 Å². The maximum atomic E-state index is 13.9. The number of anilines is 1. The van der Waals surface area contributed by atoms with Crippen molar-refractivity contribution in [3.8, 4) is 28.5 Å². The lowest BCUT2D eigenvalue weighted by Gasteiger charge is -2.17. The molecule has 6 nitrogen and oxygen atoms in total. The summed E-state index contributed by atoms with van der Waals surface area (Å²) < 4.78 is 19.0. The van der Waals surface area contributed by atoms with Crippen LogP contribution in [0.15, 0.2) is 65.5 Å². The molecule has 1 unspecified atom stereocenters. The largest absolute Gasteiger partial charge is 0.480 e. The number of fused-ring (bicyclic) bond motifs is 1.